The van der Waals surface area contributed by atoms with Gasteiger partial charge in [0.1, 0.15) is 5.75 Å². The molecule has 0 heterocycles. The molecule has 3 nitrogen and oxygen atoms in total. The van der Waals surface area contributed by atoms with Crippen LogP contribution in [-0.2, 0) is 23.1 Å². The summed E-state index contributed by atoms with van der Waals surface area (Å²) in [4.78, 5) is 11.8. The fourth-order valence-electron chi connectivity index (χ4n) is 3.89. The molecule has 0 bridgehead atoms. The Kier molecular flexibility index (Phi) is 3.00. The lowest BCUT2D eigenvalue weighted by Crippen LogP contribution is -2.33. The minimum Gasteiger partial charge on any atom is -0.496 e. The molecule has 0 unspecified atom stereocenters. The predicted octanol–water partition coefficient (Wildman–Crippen LogP) is 3.08. The van der Waals surface area contributed by atoms with Crippen LogP contribution in [-0.4, -0.2) is 18.2 Å². The zero-order valence-electron chi connectivity index (χ0n) is 11.4. The van der Waals surface area contributed by atoms with E-state index in [4.69, 9.17) is 4.74 Å². The fraction of sp³-hybridized carbons (Fsp3) is 0.562. The van der Waals surface area contributed by atoms with Crippen LogP contribution in [0.3, 0.4) is 0 Å². The lowest BCUT2D eigenvalue weighted by Gasteiger charge is -2.27. The maximum atomic E-state index is 11.8. The highest BCUT2D eigenvalue weighted by Crippen LogP contribution is 2.46. The Balaban J connectivity index is 2.15. The Morgan fingerprint density at radius 3 is 2.47 bits per heavy atom. The fourth-order valence-corrected chi connectivity index (χ4v) is 3.89. The SMILES string of the molecule is COc1ccc(C2(C(=O)O)CCCC2)c2c1CCC2. The number of hydrogen-bond donors (Lipinski definition) is 1. The summed E-state index contributed by atoms with van der Waals surface area (Å²) in [5, 5.41) is 9.74. The highest BCUT2D eigenvalue weighted by atomic mass is 16.5. The van der Waals surface area contributed by atoms with Crippen molar-refractivity contribution in [3.8, 4) is 5.75 Å². The number of hydrogen-bond acceptors (Lipinski definition) is 2. The first-order chi connectivity index (χ1) is 9.19. The summed E-state index contributed by atoms with van der Waals surface area (Å²) < 4.78 is 5.42. The van der Waals surface area contributed by atoms with Gasteiger partial charge in [-0.15, -0.1) is 0 Å². The minimum absolute atomic E-state index is 0.638. The number of carboxylic acids is 1. The molecule has 2 aliphatic carbocycles. The minimum atomic E-state index is -0.649. The molecule has 1 aromatic rings. The smallest absolute Gasteiger partial charge is 0.314 e. The number of carbonyl (C=O) groups is 1. The normalized spacial score (nSPS) is 20.3. The van der Waals surface area contributed by atoms with Crippen molar-refractivity contribution in [1.82, 2.24) is 0 Å². The molecule has 3 heteroatoms. The van der Waals surface area contributed by atoms with Gasteiger partial charge >= 0.3 is 5.97 Å². The molecule has 0 aromatic heterocycles. The second kappa shape index (κ2) is 4.55. The number of rotatable bonds is 3. The third-order valence-electron chi connectivity index (χ3n) is 4.84. The number of fused-ring (bicyclic) bond motifs is 1. The molecule has 0 radical (unpaired) electrons. The molecule has 1 fully saturated rings. The van der Waals surface area contributed by atoms with Gasteiger partial charge in [0, 0.05) is 0 Å². The molecular weight excluding hydrogens is 240 g/mol. The number of ether oxygens (including phenoxy) is 1. The van der Waals surface area contributed by atoms with E-state index in [-0.39, 0.29) is 0 Å². The average Bonchev–Trinajstić information content (AvgIpc) is 3.07. The predicted molar refractivity (Wildman–Crippen MR) is 72.8 cm³/mol. The molecule has 0 amide bonds. The van der Waals surface area contributed by atoms with Crippen molar-refractivity contribution in [2.24, 2.45) is 0 Å². The van der Waals surface area contributed by atoms with Crippen molar-refractivity contribution in [2.45, 2.75) is 50.4 Å². The maximum absolute atomic E-state index is 11.8. The van der Waals surface area contributed by atoms with E-state index < -0.39 is 11.4 Å². The molecule has 0 atom stereocenters. The van der Waals surface area contributed by atoms with Crippen LogP contribution in [0.5, 0.6) is 5.75 Å². The Hall–Kier alpha value is -1.51. The first-order valence-corrected chi connectivity index (χ1v) is 7.12. The third kappa shape index (κ3) is 1.75. The zero-order valence-corrected chi connectivity index (χ0v) is 11.4. The summed E-state index contributed by atoms with van der Waals surface area (Å²) in [6.45, 7) is 0. The van der Waals surface area contributed by atoms with Crippen LogP contribution in [0, 0.1) is 0 Å². The van der Waals surface area contributed by atoms with Crippen molar-refractivity contribution in [2.75, 3.05) is 7.11 Å². The lowest BCUT2D eigenvalue weighted by molar-refractivity contribution is -0.143. The monoisotopic (exact) mass is 260 g/mol. The van der Waals surface area contributed by atoms with Crippen LogP contribution in [0.2, 0.25) is 0 Å². The van der Waals surface area contributed by atoms with Gasteiger partial charge in [-0.1, -0.05) is 18.9 Å². The summed E-state index contributed by atoms with van der Waals surface area (Å²) >= 11 is 0. The maximum Gasteiger partial charge on any atom is 0.314 e. The molecule has 0 aliphatic heterocycles. The van der Waals surface area contributed by atoms with Gasteiger partial charge in [-0.3, -0.25) is 4.79 Å². The molecule has 0 spiro atoms. The van der Waals surface area contributed by atoms with Crippen LogP contribution >= 0.6 is 0 Å². The molecular formula is C16H20O3. The summed E-state index contributed by atoms with van der Waals surface area (Å²) in [6, 6.07) is 3.96. The van der Waals surface area contributed by atoms with Crippen LogP contribution in [0.4, 0.5) is 0 Å². The topological polar surface area (TPSA) is 46.5 Å². The van der Waals surface area contributed by atoms with Crippen molar-refractivity contribution < 1.29 is 14.6 Å². The molecule has 19 heavy (non-hydrogen) atoms. The van der Waals surface area contributed by atoms with E-state index in [1.807, 2.05) is 12.1 Å². The molecule has 2 aliphatic rings. The van der Waals surface area contributed by atoms with Crippen molar-refractivity contribution in [1.29, 1.82) is 0 Å². The van der Waals surface area contributed by atoms with Gasteiger partial charge in [0.05, 0.1) is 12.5 Å². The van der Waals surface area contributed by atoms with Gasteiger partial charge in [0.2, 0.25) is 0 Å². The molecule has 3 rings (SSSR count). The van der Waals surface area contributed by atoms with Gasteiger partial charge in [0.15, 0.2) is 0 Å². The van der Waals surface area contributed by atoms with Crippen molar-refractivity contribution in [3.05, 3.63) is 28.8 Å². The van der Waals surface area contributed by atoms with E-state index in [9.17, 15) is 9.90 Å². The highest BCUT2D eigenvalue weighted by Gasteiger charge is 2.45. The Labute approximate surface area is 113 Å². The van der Waals surface area contributed by atoms with E-state index in [2.05, 4.69) is 0 Å². The first kappa shape index (κ1) is 12.5. The molecule has 102 valence electrons. The number of benzene rings is 1. The summed E-state index contributed by atoms with van der Waals surface area (Å²) in [5.41, 5.74) is 2.92. The number of carboxylic acid groups (broad SMARTS) is 1. The van der Waals surface area contributed by atoms with Crippen molar-refractivity contribution in [3.63, 3.8) is 0 Å². The summed E-state index contributed by atoms with van der Waals surface area (Å²) in [7, 11) is 1.69. The average molecular weight is 260 g/mol. The van der Waals surface area contributed by atoms with E-state index >= 15 is 0 Å². The Morgan fingerprint density at radius 1 is 1.16 bits per heavy atom. The Morgan fingerprint density at radius 2 is 1.84 bits per heavy atom. The second-order valence-electron chi connectivity index (χ2n) is 5.72. The third-order valence-corrected chi connectivity index (χ3v) is 4.84. The van der Waals surface area contributed by atoms with Crippen LogP contribution in [0.1, 0.15) is 48.8 Å². The standard InChI is InChI=1S/C16H20O3/c1-19-14-8-7-13(11-5-4-6-12(11)14)16(15(17)18)9-2-3-10-16/h7-8H,2-6,9-10H2,1H3,(H,17,18). The molecule has 1 N–H and O–H groups in total. The van der Waals surface area contributed by atoms with Gasteiger partial charge < -0.3 is 9.84 Å². The zero-order chi connectivity index (χ0) is 13.5. The van der Waals surface area contributed by atoms with Crippen molar-refractivity contribution >= 4 is 5.97 Å². The largest absolute Gasteiger partial charge is 0.496 e. The number of aliphatic carboxylic acids is 1. The van der Waals surface area contributed by atoms with Gasteiger partial charge in [-0.05, 0) is 54.9 Å². The second-order valence-corrected chi connectivity index (χ2v) is 5.72. The quantitative estimate of drug-likeness (QED) is 0.908. The van der Waals surface area contributed by atoms with E-state index in [1.165, 1.54) is 11.1 Å². The molecule has 1 aromatic carbocycles. The number of methoxy groups -OCH3 is 1. The Bertz CT molecular complexity index is 513. The van der Waals surface area contributed by atoms with E-state index in [1.54, 1.807) is 7.11 Å². The molecule has 1 saturated carbocycles. The van der Waals surface area contributed by atoms with Crippen LogP contribution in [0.25, 0.3) is 0 Å². The molecule has 0 saturated heterocycles. The van der Waals surface area contributed by atoms with Gasteiger partial charge in [0.25, 0.3) is 0 Å². The van der Waals surface area contributed by atoms with E-state index in [0.29, 0.717) is 0 Å². The summed E-state index contributed by atoms with van der Waals surface area (Å²) in [5.74, 6) is 0.277. The summed E-state index contributed by atoms with van der Waals surface area (Å²) in [6.07, 6.45) is 6.72. The van der Waals surface area contributed by atoms with Gasteiger partial charge in [-0.25, -0.2) is 0 Å². The highest BCUT2D eigenvalue weighted by molar-refractivity contribution is 5.83. The first-order valence-electron chi connectivity index (χ1n) is 7.12. The van der Waals surface area contributed by atoms with Gasteiger partial charge in [-0.2, -0.15) is 0 Å². The lowest BCUT2D eigenvalue weighted by atomic mass is 9.76. The van der Waals surface area contributed by atoms with Crippen LogP contribution < -0.4 is 4.74 Å². The van der Waals surface area contributed by atoms with Crippen LogP contribution in [0.15, 0.2) is 12.1 Å². The van der Waals surface area contributed by atoms with E-state index in [0.717, 1.165) is 56.3 Å².